The summed E-state index contributed by atoms with van der Waals surface area (Å²) in [4.78, 5) is 48.1. The van der Waals surface area contributed by atoms with Gasteiger partial charge in [0.15, 0.2) is 11.9 Å². The number of aryl methyl sites for hydroxylation is 2. The largest absolute Gasteiger partial charge is 0.472 e. The lowest BCUT2D eigenvalue weighted by molar-refractivity contribution is -0.870. The lowest BCUT2D eigenvalue weighted by Crippen LogP contribution is -2.37. The highest BCUT2D eigenvalue weighted by atomic mass is 31.2. The van der Waals surface area contributed by atoms with Crippen molar-refractivity contribution in [1.82, 2.24) is 0 Å². The molecule has 1 aromatic heterocycles. The number of phosphoric acid groups is 1. The fraction of sp³-hybridized carbons (Fsp3) is 0.729. The van der Waals surface area contributed by atoms with E-state index >= 15 is 0 Å². The van der Waals surface area contributed by atoms with Crippen LogP contribution in [-0.2, 0) is 50.3 Å². The number of aliphatic hydroxyl groups is 1. The van der Waals surface area contributed by atoms with Gasteiger partial charge in [0.25, 0.3) is 0 Å². The topological polar surface area (TPSA) is 159 Å². The van der Waals surface area contributed by atoms with Crippen LogP contribution in [0.5, 0.6) is 0 Å². The molecule has 0 amide bonds. The van der Waals surface area contributed by atoms with Crippen LogP contribution in [0.1, 0.15) is 152 Å². The number of carbonyl (C=O) groups excluding carboxylic acids is 3. The zero-order valence-electron chi connectivity index (χ0n) is 38.7. The number of esters is 2. The van der Waals surface area contributed by atoms with Crippen LogP contribution in [0.25, 0.3) is 0 Å². The number of hydrogen-bond acceptors (Lipinski definition) is 10. The summed E-state index contributed by atoms with van der Waals surface area (Å²) in [5.41, 5.74) is 2.61. The third kappa shape index (κ3) is 24.5. The van der Waals surface area contributed by atoms with E-state index in [1.807, 2.05) is 45.4 Å². The monoisotopic (exact) mass is 879 g/mol. The number of unbranched alkanes of at least 4 members (excludes halogenated alkanes) is 10. The Morgan fingerprint density at radius 3 is 2.16 bits per heavy atom. The zero-order chi connectivity index (χ0) is 45.1. The summed E-state index contributed by atoms with van der Waals surface area (Å²) in [6, 6.07) is 0. The van der Waals surface area contributed by atoms with Crippen molar-refractivity contribution in [3.63, 3.8) is 0 Å². The van der Waals surface area contributed by atoms with Gasteiger partial charge in [0, 0.05) is 31.6 Å². The number of likely N-dealkylation sites (N-methyl/N-ethyl adjacent to an activating group) is 1. The van der Waals surface area contributed by atoms with Crippen molar-refractivity contribution in [2.75, 3.05) is 47.5 Å². The van der Waals surface area contributed by atoms with E-state index in [1.54, 1.807) is 12.2 Å². The van der Waals surface area contributed by atoms with Crippen molar-refractivity contribution in [3.05, 3.63) is 59.1 Å². The molecule has 2 rings (SSSR count). The van der Waals surface area contributed by atoms with E-state index in [9.17, 15) is 28.9 Å². The van der Waals surface area contributed by atoms with Crippen molar-refractivity contribution >= 4 is 25.5 Å². The van der Waals surface area contributed by atoms with Gasteiger partial charge in [-0.2, -0.15) is 0 Å². The first kappa shape index (κ1) is 54.3. The van der Waals surface area contributed by atoms with E-state index in [2.05, 4.69) is 27.7 Å². The highest BCUT2D eigenvalue weighted by Gasteiger charge is 2.28. The number of nitrogens with zero attached hydrogens (tertiary/aromatic N) is 1. The van der Waals surface area contributed by atoms with Crippen molar-refractivity contribution < 1.29 is 56.4 Å². The maximum atomic E-state index is 12.8. The lowest BCUT2D eigenvalue weighted by Gasteiger charge is -2.24. The molecular formula is C48H81NO11P+. The zero-order valence-corrected chi connectivity index (χ0v) is 39.6. The van der Waals surface area contributed by atoms with Crippen molar-refractivity contribution in [1.29, 1.82) is 0 Å². The average molecular weight is 879 g/mol. The Morgan fingerprint density at radius 1 is 0.836 bits per heavy atom. The van der Waals surface area contributed by atoms with Crippen LogP contribution in [0, 0.1) is 25.7 Å². The van der Waals surface area contributed by atoms with Crippen LogP contribution < -0.4 is 0 Å². The molecule has 12 nitrogen and oxygen atoms in total. The number of furan rings is 1. The van der Waals surface area contributed by atoms with Gasteiger partial charge in [0.05, 0.1) is 33.9 Å². The third-order valence-electron chi connectivity index (χ3n) is 11.1. The van der Waals surface area contributed by atoms with Gasteiger partial charge in [-0.05, 0) is 81.9 Å². The Kier molecular flexibility index (Phi) is 26.9. The van der Waals surface area contributed by atoms with Crippen LogP contribution in [-0.4, -0.2) is 91.9 Å². The lowest BCUT2D eigenvalue weighted by atomic mass is 9.90. The minimum absolute atomic E-state index is 0.0116. The predicted molar refractivity (Wildman–Crippen MR) is 241 cm³/mol. The number of hydrogen-bond donors (Lipinski definition) is 2. The van der Waals surface area contributed by atoms with Gasteiger partial charge in [0.2, 0.25) is 0 Å². The summed E-state index contributed by atoms with van der Waals surface area (Å²) in [7, 11) is 1.33. The second-order valence-corrected chi connectivity index (χ2v) is 19.1. The maximum absolute atomic E-state index is 12.8. The molecule has 0 saturated heterocycles. The van der Waals surface area contributed by atoms with Crippen molar-refractivity contribution in [2.45, 2.75) is 168 Å². The molecule has 13 heteroatoms. The summed E-state index contributed by atoms with van der Waals surface area (Å²) < 4.78 is 40.5. The highest BCUT2D eigenvalue weighted by Crippen LogP contribution is 2.43. The smallest absolute Gasteiger partial charge is 0.466 e. The van der Waals surface area contributed by atoms with E-state index in [0.29, 0.717) is 43.1 Å². The molecule has 1 heterocycles. The van der Waals surface area contributed by atoms with Crippen LogP contribution in [0.15, 0.2) is 40.9 Å². The molecule has 0 aliphatic heterocycles. The Morgan fingerprint density at radius 2 is 1.49 bits per heavy atom. The van der Waals surface area contributed by atoms with E-state index in [4.69, 9.17) is 22.9 Å². The predicted octanol–water partition coefficient (Wildman–Crippen LogP) is 10.2. The average Bonchev–Trinajstić information content (AvgIpc) is 3.69. The summed E-state index contributed by atoms with van der Waals surface area (Å²) in [6.45, 7) is 8.29. The first-order valence-electron chi connectivity index (χ1n) is 23.1. The van der Waals surface area contributed by atoms with Crippen LogP contribution in [0.4, 0.5) is 0 Å². The van der Waals surface area contributed by atoms with Crippen molar-refractivity contribution in [2.24, 2.45) is 11.8 Å². The first-order valence-corrected chi connectivity index (χ1v) is 24.6. The van der Waals surface area contributed by atoms with Gasteiger partial charge in [-0.15, -0.1) is 0 Å². The summed E-state index contributed by atoms with van der Waals surface area (Å²) in [5.74, 6) is 1.07. The van der Waals surface area contributed by atoms with Crippen LogP contribution in [0.3, 0.4) is 0 Å². The van der Waals surface area contributed by atoms with E-state index in [0.717, 1.165) is 82.1 Å². The number of rotatable bonds is 35. The SMILES string of the molecule is CCCCC[C@H](O)/C=C/[C@H]1C(=O)C=C[C@@H]1C/C=C\CCCC(=O)O[C@H](COC(=O)CCCCCCCCCCc1oc(CCC)c(C)c1C)COP(=O)(O)OCC[N+](C)(C)C. The molecule has 1 aliphatic rings. The molecule has 1 aromatic rings. The number of carbonyl (C=O) groups is 3. The second-order valence-electron chi connectivity index (χ2n) is 17.7. The maximum Gasteiger partial charge on any atom is 0.472 e. The van der Waals surface area contributed by atoms with Gasteiger partial charge in [-0.25, -0.2) is 4.57 Å². The third-order valence-corrected chi connectivity index (χ3v) is 12.1. The van der Waals surface area contributed by atoms with Crippen molar-refractivity contribution in [3.8, 4) is 0 Å². The Hall–Kier alpha value is -2.86. The minimum Gasteiger partial charge on any atom is -0.466 e. The Balaban J connectivity index is 1.73. The number of ether oxygens (including phenoxy) is 2. The molecule has 2 N–H and O–H groups in total. The van der Waals surface area contributed by atoms with Gasteiger partial charge in [-0.1, -0.05) is 102 Å². The molecule has 0 spiro atoms. The quantitative estimate of drug-likeness (QED) is 0.0220. The first-order chi connectivity index (χ1) is 29.0. The standard InChI is InChI=1S/C48H80NO11P/c1-8-10-19-26-41(50)31-32-43-40(30-33-44(43)51)25-20-17-18-23-29-48(53)59-42(37-58-61(54,55)57-35-34-49(5,6)7)36-56-47(52)28-22-16-14-12-11-13-15-21-27-46-39(4)38(3)45(60-46)24-9-2/h17,20,30-33,40-43,50H,8-16,18-19,21-29,34-37H2,1-7H3/p+1/b20-17-,32-31+/t40-,41-,42+,43+/m0/s1. The van der Waals surface area contributed by atoms with Gasteiger partial charge in [-0.3, -0.25) is 23.4 Å². The van der Waals surface area contributed by atoms with Gasteiger partial charge in [0.1, 0.15) is 31.3 Å². The molecule has 0 bridgehead atoms. The van der Waals surface area contributed by atoms with Crippen LogP contribution >= 0.6 is 7.82 Å². The normalized spacial score (nSPS) is 17.7. The molecule has 5 atom stereocenters. The second kappa shape index (κ2) is 30.3. The van der Waals surface area contributed by atoms with Gasteiger partial charge < -0.3 is 28.4 Å². The summed E-state index contributed by atoms with van der Waals surface area (Å²) in [6.07, 6.45) is 26.7. The fourth-order valence-corrected chi connectivity index (χ4v) is 7.85. The molecule has 1 unspecified atom stereocenters. The number of allylic oxidation sites excluding steroid dienone is 5. The molecule has 0 radical (unpaired) electrons. The Labute approximate surface area is 367 Å². The van der Waals surface area contributed by atoms with E-state index in [1.165, 1.54) is 24.0 Å². The molecular weight excluding hydrogens is 797 g/mol. The number of phosphoric ester groups is 1. The van der Waals surface area contributed by atoms with Crippen LogP contribution in [0.2, 0.25) is 0 Å². The highest BCUT2D eigenvalue weighted by molar-refractivity contribution is 7.47. The molecule has 0 aromatic carbocycles. The molecule has 0 fully saturated rings. The van der Waals surface area contributed by atoms with E-state index in [-0.39, 0.29) is 43.7 Å². The van der Waals surface area contributed by atoms with E-state index < -0.39 is 38.6 Å². The minimum atomic E-state index is -4.45. The number of quaternary nitrogens is 1. The Bertz CT molecular complexity index is 1560. The summed E-state index contributed by atoms with van der Waals surface area (Å²) >= 11 is 0. The molecule has 0 saturated carbocycles. The molecule has 348 valence electrons. The molecule has 61 heavy (non-hydrogen) atoms. The summed E-state index contributed by atoms with van der Waals surface area (Å²) in [5, 5.41) is 10.2. The van der Waals surface area contributed by atoms with Gasteiger partial charge >= 0.3 is 19.8 Å². The number of ketones is 1. The fourth-order valence-electron chi connectivity index (χ4n) is 7.11. The molecule has 1 aliphatic carbocycles. The number of aliphatic hydroxyl groups excluding tert-OH is 1.